The Balaban J connectivity index is 5.07. The molecule has 94 valence electrons. The van der Waals surface area contributed by atoms with Gasteiger partial charge in [-0.05, 0) is 6.54 Å². The summed E-state index contributed by atoms with van der Waals surface area (Å²) in [6.07, 6.45) is -6.59. The Labute approximate surface area is 89.2 Å². The summed E-state index contributed by atoms with van der Waals surface area (Å²) in [5.74, 6) is -1.62. The first-order chi connectivity index (χ1) is 7.14. The van der Waals surface area contributed by atoms with E-state index >= 15 is 0 Å². The third kappa shape index (κ3) is 4.31. The number of halogens is 6. The maximum atomic E-state index is 12.3. The fourth-order valence-electron chi connectivity index (χ4n) is 1.34. The van der Waals surface area contributed by atoms with Crippen LogP contribution in [0.25, 0.3) is 0 Å². The SMILES string of the molecule is C#CCC(NCC)C(C(F)(F)F)C(F)(F)F. The highest BCUT2D eigenvalue weighted by atomic mass is 19.4. The van der Waals surface area contributed by atoms with Crippen LogP contribution in [0, 0.1) is 18.3 Å². The molecule has 0 aliphatic rings. The molecule has 1 atom stereocenters. The molecule has 0 aromatic heterocycles. The minimum atomic E-state index is -5.36. The van der Waals surface area contributed by atoms with Gasteiger partial charge in [0, 0.05) is 12.5 Å². The first kappa shape index (κ1) is 15.1. The summed E-state index contributed by atoms with van der Waals surface area (Å²) < 4.78 is 73.7. The highest BCUT2D eigenvalue weighted by Gasteiger charge is 2.59. The Morgan fingerprint density at radius 1 is 1.12 bits per heavy atom. The van der Waals surface area contributed by atoms with Crippen LogP contribution in [0.5, 0.6) is 0 Å². The molecule has 0 spiro atoms. The summed E-state index contributed by atoms with van der Waals surface area (Å²) in [5.41, 5.74) is 0. The lowest BCUT2D eigenvalue weighted by atomic mass is 9.95. The van der Waals surface area contributed by atoms with Crippen LogP contribution in [0.1, 0.15) is 13.3 Å². The molecule has 1 nitrogen and oxygen atoms in total. The van der Waals surface area contributed by atoms with E-state index in [-0.39, 0.29) is 6.54 Å². The van der Waals surface area contributed by atoms with Gasteiger partial charge >= 0.3 is 12.4 Å². The van der Waals surface area contributed by atoms with Gasteiger partial charge in [0.15, 0.2) is 5.92 Å². The Kier molecular flexibility index (Phi) is 5.13. The van der Waals surface area contributed by atoms with Crippen LogP contribution in [0.3, 0.4) is 0 Å². The summed E-state index contributed by atoms with van der Waals surface area (Å²) >= 11 is 0. The van der Waals surface area contributed by atoms with Crippen molar-refractivity contribution in [3.8, 4) is 12.3 Å². The Morgan fingerprint density at radius 2 is 1.56 bits per heavy atom. The minimum Gasteiger partial charge on any atom is -0.312 e. The van der Waals surface area contributed by atoms with Gasteiger partial charge in [0.1, 0.15) is 0 Å². The van der Waals surface area contributed by atoms with Crippen LogP contribution < -0.4 is 5.32 Å². The summed E-state index contributed by atoms with van der Waals surface area (Å²) in [5, 5.41) is 2.11. The second-order valence-corrected chi connectivity index (χ2v) is 3.13. The van der Waals surface area contributed by atoms with Crippen molar-refractivity contribution in [3.63, 3.8) is 0 Å². The van der Waals surface area contributed by atoms with Crippen molar-refractivity contribution in [3.05, 3.63) is 0 Å². The first-order valence-corrected chi connectivity index (χ1v) is 4.44. The molecule has 7 heteroatoms. The highest BCUT2D eigenvalue weighted by molar-refractivity contribution is 4.96. The molecule has 0 amide bonds. The van der Waals surface area contributed by atoms with E-state index in [9.17, 15) is 26.3 Å². The van der Waals surface area contributed by atoms with Crippen LogP contribution in [0.15, 0.2) is 0 Å². The zero-order valence-electron chi connectivity index (χ0n) is 8.41. The molecule has 0 aromatic rings. The molecular formula is C9H11F6N. The molecule has 0 saturated carbocycles. The van der Waals surface area contributed by atoms with E-state index in [1.54, 1.807) is 0 Å². The molecule has 0 fully saturated rings. The zero-order chi connectivity index (χ0) is 13.0. The van der Waals surface area contributed by atoms with Gasteiger partial charge in [-0.1, -0.05) is 6.92 Å². The van der Waals surface area contributed by atoms with Gasteiger partial charge in [0.05, 0.1) is 0 Å². The van der Waals surface area contributed by atoms with E-state index in [2.05, 4.69) is 5.32 Å². The van der Waals surface area contributed by atoms with Crippen molar-refractivity contribution in [2.24, 2.45) is 5.92 Å². The van der Waals surface area contributed by atoms with E-state index in [0.717, 1.165) is 0 Å². The zero-order valence-corrected chi connectivity index (χ0v) is 8.41. The van der Waals surface area contributed by atoms with E-state index in [0.29, 0.717) is 0 Å². The van der Waals surface area contributed by atoms with Gasteiger partial charge in [-0.15, -0.1) is 12.3 Å². The maximum absolute atomic E-state index is 12.3. The monoisotopic (exact) mass is 247 g/mol. The van der Waals surface area contributed by atoms with Crippen molar-refractivity contribution < 1.29 is 26.3 Å². The summed E-state index contributed by atoms with van der Waals surface area (Å²) in [6, 6.07) is -1.84. The Morgan fingerprint density at radius 3 is 1.81 bits per heavy atom. The number of rotatable bonds is 4. The Bertz CT molecular complexity index is 234. The van der Waals surface area contributed by atoms with E-state index in [1.165, 1.54) is 6.92 Å². The molecule has 1 unspecified atom stereocenters. The second kappa shape index (κ2) is 5.43. The van der Waals surface area contributed by atoms with Crippen molar-refractivity contribution in [2.45, 2.75) is 31.7 Å². The smallest absolute Gasteiger partial charge is 0.312 e. The number of hydrogen-bond donors (Lipinski definition) is 1. The predicted molar refractivity (Wildman–Crippen MR) is 46.5 cm³/mol. The third-order valence-corrected chi connectivity index (χ3v) is 1.91. The fraction of sp³-hybridized carbons (Fsp3) is 0.778. The summed E-state index contributed by atoms with van der Waals surface area (Å²) in [7, 11) is 0. The molecule has 0 aromatic carbocycles. The molecule has 1 N–H and O–H groups in total. The third-order valence-electron chi connectivity index (χ3n) is 1.91. The van der Waals surface area contributed by atoms with Crippen LogP contribution in [0.2, 0.25) is 0 Å². The van der Waals surface area contributed by atoms with Crippen molar-refractivity contribution in [2.75, 3.05) is 6.54 Å². The van der Waals surface area contributed by atoms with E-state index < -0.39 is 30.7 Å². The van der Waals surface area contributed by atoms with Crippen LogP contribution in [-0.2, 0) is 0 Å². The number of alkyl halides is 6. The summed E-state index contributed by atoms with van der Waals surface area (Å²) in [6.45, 7) is 1.39. The Hall–Kier alpha value is -0.900. The quantitative estimate of drug-likeness (QED) is 0.595. The normalized spacial score (nSPS) is 14.9. The van der Waals surface area contributed by atoms with Gasteiger partial charge in [0.25, 0.3) is 0 Å². The van der Waals surface area contributed by atoms with Gasteiger partial charge in [-0.25, -0.2) is 0 Å². The average molecular weight is 247 g/mol. The fourth-order valence-corrected chi connectivity index (χ4v) is 1.34. The summed E-state index contributed by atoms with van der Waals surface area (Å²) in [4.78, 5) is 0. The lowest BCUT2D eigenvalue weighted by Gasteiger charge is -2.30. The standard InChI is InChI=1S/C9H11F6N/c1-3-5-6(16-4-2)7(8(10,11)12)9(13,14)15/h1,6-7,16H,4-5H2,2H3. The molecule has 0 aliphatic heterocycles. The largest absolute Gasteiger partial charge is 0.402 e. The average Bonchev–Trinajstić information content (AvgIpc) is 1.99. The maximum Gasteiger partial charge on any atom is 0.402 e. The molecule has 0 heterocycles. The van der Waals surface area contributed by atoms with Gasteiger partial charge < -0.3 is 5.32 Å². The molecule has 16 heavy (non-hydrogen) atoms. The van der Waals surface area contributed by atoms with Crippen molar-refractivity contribution >= 4 is 0 Å². The van der Waals surface area contributed by atoms with Crippen LogP contribution in [0.4, 0.5) is 26.3 Å². The van der Waals surface area contributed by atoms with Crippen LogP contribution >= 0.6 is 0 Å². The van der Waals surface area contributed by atoms with Crippen LogP contribution in [-0.4, -0.2) is 24.9 Å². The lowest BCUT2D eigenvalue weighted by molar-refractivity contribution is -0.291. The molecular weight excluding hydrogens is 236 g/mol. The van der Waals surface area contributed by atoms with Crippen molar-refractivity contribution in [1.82, 2.24) is 5.32 Å². The lowest BCUT2D eigenvalue weighted by Crippen LogP contribution is -2.50. The second-order valence-electron chi connectivity index (χ2n) is 3.13. The number of hydrogen-bond acceptors (Lipinski definition) is 1. The van der Waals surface area contributed by atoms with Gasteiger partial charge in [-0.3, -0.25) is 0 Å². The number of terminal acetylenes is 1. The molecule has 0 aliphatic carbocycles. The van der Waals surface area contributed by atoms with Crippen molar-refractivity contribution in [1.29, 1.82) is 0 Å². The molecule has 0 bridgehead atoms. The molecule has 0 saturated heterocycles. The highest BCUT2D eigenvalue weighted by Crippen LogP contribution is 2.41. The molecule has 0 rings (SSSR count). The predicted octanol–water partition coefficient (Wildman–Crippen LogP) is 2.73. The number of nitrogens with one attached hydrogen (secondary N) is 1. The van der Waals surface area contributed by atoms with E-state index in [1.807, 2.05) is 5.92 Å². The van der Waals surface area contributed by atoms with Gasteiger partial charge in [-0.2, -0.15) is 26.3 Å². The first-order valence-electron chi connectivity index (χ1n) is 4.44. The van der Waals surface area contributed by atoms with E-state index in [4.69, 9.17) is 6.42 Å². The minimum absolute atomic E-state index is 0.0188. The van der Waals surface area contributed by atoms with Gasteiger partial charge in [0.2, 0.25) is 0 Å². The topological polar surface area (TPSA) is 12.0 Å². The molecule has 0 radical (unpaired) electrons.